The third-order valence-corrected chi connectivity index (χ3v) is 4.24. The van der Waals surface area contributed by atoms with Gasteiger partial charge < -0.3 is 14.8 Å². The van der Waals surface area contributed by atoms with Crippen molar-refractivity contribution in [1.82, 2.24) is 10.2 Å². The van der Waals surface area contributed by atoms with Crippen LogP contribution in [0.3, 0.4) is 0 Å². The van der Waals surface area contributed by atoms with Crippen LogP contribution >= 0.6 is 0 Å². The van der Waals surface area contributed by atoms with Crippen LogP contribution in [0.2, 0.25) is 0 Å². The predicted octanol–water partition coefficient (Wildman–Crippen LogP) is 2.01. The Bertz CT molecular complexity index is 537. The van der Waals surface area contributed by atoms with Crippen molar-refractivity contribution in [1.29, 1.82) is 0 Å². The highest BCUT2D eigenvalue weighted by Gasteiger charge is 2.23. The third kappa shape index (κ3) is 3.71. The van der Waals surface area contributed by atoms with E-state index >= 15 is 0 Å². The number of benzene rings is 1. The van der Waals surface area contributed by atoms with E-state index in [0.717, 1.165) is 30.2 Å². The van der Waals surface area contributed by atoms with Crippen molar-refractivity contribution in [2.24, 2.45) is 11.8 Å². The van der Waals surface area contributed by atoms with Crippen LogP contribution < -0.4 is 14.8 Å². The second-order valence-corrected chi connectivity index (χ2v) is 6.60. The molecule has 0 bridgehead atoms. The van der Waals surface area contributed by atoms with Gasteiger partial charge in [0.1, 0.15) is 0 Å². The molecule has 1 aromatic rings. The fourth-order valence-corrected chi connectivity index (χ4v) is 3.43. The number of carbonyl (C=O) groups excluding carboxylic acids is 1. The lowest BCUT2D eigenvalue weighted by Crippen LogP contribution is -2.44. The quantitative estimate of drug-likeness (QED) is 0.924. The van der Waals surface area contributed by atoms with Crippen LogP contribution in [0.1, 0.15) is 25.8 Å². The summed E-state index contributed by atoms with van der Waals surface area (Å²) in [4.78, 5) is 14.4. The lowest BCUT2D eigenvalue weighted by Gasteiger charge is -2.34. The summed E-state index contributed by atoms with van der Waals surface area (Å²) in [5, 5.41) is 2.99. The van der Waals surface area contributed by atoms with Crippen LogP contribution in [-0.2, 0) is 11.3 Å². The Labute approximate surface area is 131 Å². The van der Waals surface area contributed by atoms with E-state index in [1.165, 1.54) is 6.42 Å². The smallest absolute Gasteiger partial charge is 0.234 e. The highest BCUT2D eigenvalue weighted by Crippen LogP contribution is 2.32. The molecule has 1 N–H and O–H groups in total. The van der Waals surface area contributed by atoms with E-state index in [9.17, 15) is 4.79 Å². The summed E-state index contributed by atoms with van der Waals surface area (Å²) in [6.45, 7) is 7.83. The highest BCUT2D eigenvalue weighted by atomic mass is 16.7. The van der Waals surface area contributed by atoms with Gasteiger partial charge in [0.25, 0.3) is 0 Å². The standard InChI is InChI=1S/C17H24N2O3/c1-12-5-13(2)9-19(8-12)10-17(20)18-7-14-3-4-15-16(6-14)22-11-21-15/h3-4,6,12-13H,5,7-11H2,1-2H3,(H,18,20). The van der Waals surface area contributed by atoms with Crippen LogP contribution in [0.15, 0.2) is 18.2 Å². The monoisotopic (exact) mass is 304 g/mol. The number of carbonyl (C=O) groups is 1. The molecule has 0 radical (unpaired) electrons. The van der Waals surface area contributed by atoms with Gasteiger partial charge in [0.2, 0.25) is 12.7 Å². The second kappa shape index (κ2) is 6.57. The normalized spacial score (nSPS) is 24.3. The van der Waals surface area contributed by atoms with Crippen molar-refractivity contribution in [2.75, 3.05) is 26.4 Å². The number of ether oxygens (including phenoxy) is 2. The molecule has 5 heteroatoms. The van der Waals surface area contributed by atoms with E-state index in [2.05, 4.69) is 24.1 Å². The first-order valence-electron chi connectivity index (χ1n) is 7.97. The molecule has 2 atom stereocenters. The molecule has 1 fully saturated rings. The summed E-state index contributed by atoms with van der Waals surface area (Å²) in [5.74, 6) is 2.95. The van der Waals surface area contributed by atoms with Crippen molar-refractivity contribution in [3.63, 3.8) is 0 Å². The average Bonchev–Trinajstić information content (AvgIpc) is 2.91. The molecular weight excluding hydrogens is 280 g/mol. The molecule has 2 aliphatic heterocycles. The zero-order chi connectivity index (χ0) is 15.5. The molecule has 5 nitrogen and oxygen atoms in total. The molecule has 1 aromatic carbocycles. The Kier molecular flexibility index (Phi) is 4.52. The molecule has 0 saturated carbocycles. The number of piperidine rings is 1. The van der Waals surface area contributed by atoms with Crippen LogP contribution in [0.4, 0.5) is 0 Å². The summed E-state index contributed by atoms with van der Waals surface area (Å²) in [6.07, 6.45) is 1.26. The Hall–Kier alpha value is -1.75. The van der Waals surface area contributed by atoms with E-state index in [1.54, 1.807) is 0 Å². The lowest BCUT2D eigenvalue weighted by molar-refractivity contribution is -0.123. The van der Waals surface area contributed by atoms with Crippen LogP contribution in [0.5, 0.6) is 11.5 Å². The number of amides is 1. The van der Waals surface area contributed by atoms with Gasteiger partial charge in [0.05, 0.1) is 6.54 Å². The number of hydrogen-bond donors (Lipinski definition) is 1. The molecule has 120 valence electrons. The second-order valence-electron chi connectivity index (χ2n) is 6.60. The highest BCUT2D eigenvalue weighted by molar-refractivity contribution is 5.78. The molecule has 0 aliphatic carbocycles. The zero-order valence-corrected chi connectivity index (χ0v) is 13.3. The molecule has 22 heavy (non-hydrogen) atoms. The molecule has 3 rings (SSSR count). The zero-order valence-electron chi connectivity index (χ0n) is 13.3. The summed E-state index contributed by atoms with van der Waals surface area (Å²) in [7, 11) is 0. The van der Waals surface area contributed by atoms with Crippen molar-refractivity contribution in [3.8, 4) is 11.5 Å². The maximum absolute atomic E-state index is 12.1. The third-order valence-electron chi connectivity index (χ3n) is 4.24. The number of rotatable bonds is 4. The summed E-state index contributed by atoms with van der Waals surface area (Å²) >= 11 is 0. The molecule has 0 aromatic heterocycles. The Morgan fingerprint density at radius 2 is 1.95 bits per heavy atom. The van der Waals surface area contributed by atoms with E-state index in [1.807, 2.05) is 18.2 Å². The van der Waals surface area contributed by atoms with Gasteiger partial charge in [-0.15, -0.1) is 0 Å². The predicted molar refractivity (Wildman–Crippen MR) is 83.8 cm³/mol. The maximum Gasteiger partial charge on any atom is 0.234 e. The number of nitrogens with zero attached hydrogens (tertiary/aromatic N) is 1. The number of fused-ring (bicyclic) bond motifs is 1. The summed E-state index contributed by atoms with van der Waals surface area (Å²) in [6, 6.07) is 5.77. The van der Waals surface area contributed by atoms with E-state index < -0.39 is 0 Å². The largest absolute Gasteiger partial charge is 0.454 e. The number of nitrogens with one attached hydrogen (secondary N) is 1. The molecule has 0 spiro atoms. The van der Waals surface area contributed by atoms with Crippen molar-refractivity contribution < 1.29 is 14.3 Å². The average molecular weight is 304 g/mol. The topological polar surface area (TPSA) is 50.8 Å². The minimum absolute atomic E-state index is 0.0824. The van der Waals surface area contributed by atoms with Gasteiger partial charge in [0.15, 0.2) is 11.5 Å². The first-order valence-corrected chi connectivity index (χ1v) is 7.97. The van der Waals surface area contributed by atoms with E-state index in [0.29, 0.717) is 24.9 Å². The van der Waals surface area contributed by atoms with Gasteiger partial charge in [-0.2, -0.15) is 0 Å². The minimum Gasteiger partial charge on any atom is -0.454 e. The first-order chi connectivity index (χ1) is 10.6. The van der Waals surface area contributed by atoms with Crippen molar-refractivity contribution >= 4 is 5.91 Å². The SMILES string of the molecule is CC1CC(C)CN(CC(=O)NCc2ccc3c(c2)OCO3)C1. The molecule has 2 unspecified atom stereocenters. The minimum atomic E-state index is 0.0824. The molecule has 1 saturated heterocycles. The van der Waals surface area contributed by atoms with Crippen LogP contribution in [0.25, 0.3) is 0 Å². The lowest BCUT2D eigenvalue weighted by atomic mass is 9.92. The number of hydrogen-bond acceptors (Lipinski definition) is 4. The van der Waals surface area contributed by atoms with Gasteiger partial charge in [-0.3, -0.25) is 9.69 Å². The Balaban J connectivity index is 1.48. The molecule has 1 amide bonds. The van der Waals surface area contributed by atoms with Gasteiger partial charge in [-0.1, -0.05) is 19.9 Å². The van der Waals surface area contributed by atoms with Crippen molar-refractivity contribution in [3.05, 3.63) is 23.8 Å². The van der Waals surface area contributed by atoms with Gasteiger partial charge in [-0.25, -0.2) is 0 Å². The van der Waals surface area contributed by atoms with Gasteiger partial charge in [0, 0.05) is 19.6 Å². The van der Waals surface area contributed by atoms with Crippen LogP contribution in [0, 0.1) is 11.8 Å². The number of likely N-dealkylation sites (tertiary alicyclic amines) is 1. The van der Waals surface area contributed by atoms with Crippen LogP contribution in [-0.4, -0.2) is 37.2 Å². The molecular formula is C17H24N2O3. The molecule has 2 aliphatic rings. The van der Waals surface area contributed by atoms with E-state index in [-0.39, 0.29) is 12.7 Å². The maximum atomic E-state index is 12.1. The summed E-state index contributed by atoms with van der Waals surface area (Å²) < 4.78 is 10.6. The van der Waals surface area contributed by atoms with Gasteiger partial charge in [-0.05, 0) is 36.0 Å². The van der Waals surface area contributed by atoms with Crippen molar-refractivity contribution in [2.45, 2.75) is 26.8 Å². The Morgan fingerprint density at radius 3 is 2.73 bits per heavy atom. The first kappa shape index (κ1) is 15.2. The molecule has 2 heterocycles. The van der Waals surface area contributed by atoms with Gasteiger partial charge >= 0.3 is 0 Å². The fraction of sp³-hybridized carbons (Fsp3) is 0.588. The fourth-order valence-electron chi connectivity index (χ4n) is 3.43. The Morgan fingerprint density at radius 1 is 1.23 bits per heavy atom. The van der Waals surface area contributed by atoms with E-state index in [4.69, 9.17) is 9.47 Å². The summed E-state index contributed by atoms with van der Waals surface area (Å²) in [5.41, 5.74) is 1.03.